The van der Waals surface area contributed by atoms with Crippen LogP contribution in [0.25, 0.3) is 0 Å². The van der Waals surface area contributed by atoms with E-state index in [1.54, 1.807) is 6.20 Å². The number of carboxylic acid groups (broad SMARTS) is 1. The number of carboxylic acids is 1. The van der Waals surface area contributed by atoms with Crippen molar-refractivity contribution in [2.24, 2.45) is 23.2 Å². The molecular formula is C23H32ClN5O3. The maximum Gasteiger partial charge on any atom is 0.309 e. The van der Waals surface area contributed by atoms with E-state index in [1.165, 1.54) is 0 Å². The van der Waals surface area contributed by atoms with Gasteiger partial charge in [0.05, 0.1) is 11.0 Å². The molecule has 2 unspecified atom stereocenters. The molecule has 174 valence electrons. The number of rotatable bonds is 5. The molecule has 2 heterocycles. The first-order valence-electron chi connectivity index (χ1n) is 11.7. The van der Waals surface area contributed by atoms with Crippen molar-refractivity contribution in [1.82, 2.24) is 20.2 Å². The molecule has 0 spiro atoms. The molecule has 1 aliphatic heterocycles. The van der Waals surface area contributed by atoms with Gasteiger partial charge in [0.2, 0.25) is 11.2 Å². The highest BCUT2D eigenvalue weighted by molar-refractivity contribution is 6.28. The smallest absolute Gasteiger partial charge is 0.309 e. The van der Waals surface area contributed by atoms with Crippen molar-refractivity contribution < 1.29 is 14.7 Å². The molecule has 1 aromatic rings. The molecule has 4 saturated carbocycles. The Morgan fingerprint density at radius 1 is 1.16 bits per heavy atom. The van der Waals surface area contributed by atoms with Crippen LogP contribution in [0.5, 0.6) is 0 Å². The second kappa shape index (κ2) is 7.83. The Morgan fingerprint density at radius 2 is 1.81 bits per heavy atom. The molecule has 1 aromatic heterocycles. The number of hydrogen-bond acceptors (Lipinski definition) is 6. The molecule has 2 atom stereocenters. The van der Waals surface area contributed by atoms with Crippen LogP contribution in [0.1, 0.15) is 46.0 Å². The largest absolute Gasteiger partial charge is 0.481 e. The highest BCUT2D eigenvalue weighted by atomic mass is 35.5. The van der Waals surface area contributed by atoms with E-state index in [9.17, 15) is 14.7 Å². The first-order chi connectivity index (χ1) is 15.2. The van der Waals surface area contributed by atoms with E-state index in [1.807, 2.05) is 19.9 Å². The van der Waals surface area contributed by atoms with Gasteiger partial charge in [-0.3, -0.25) is 14.5 Å². The Kier molecular flexibility index (Phi) is 5.36. The Balaban J connectivity index is 1.22. The summed E-state index contributed by atoms with van der Waals surface area (Å²) in [6, 6.07) is 1.96. The summed E-state index contributed by atoms with van der Waals surface area (Å²) in [7, 11) is 0. The maximum absolute atomic E-state index is 13.4. The van der Waals surface area contributed by atoms with Crippen molar-refractivity contribution >= 4 is 29.3 Å². The molecule has 0 radical (unpaired) electrons. The fraction of sp³-hybridized carbons (Fsp3) is 0.739. The lowest BCUT2D eigenvalue weighted by Crippen LogP contribution is -2.66. The van der Waals surface area contributed by atoms with Gasteiger partial charge in [-0.1, -0.05) is 0 Å². The van der Waals surface area contributed by atoms with Gasteiger partial charge in [-0.05, 0) is 81.4 Å². The van der Waals surface area contributed by atoms with Gasteiger partial charge in [0, 0.05) is 38.4 Å². The number of aromatic nitrogens is 2. The summed E-state index contributed by atoms with van der Waals surface area (Å²) in [4.78, 5) is 38.1. The minimum atomic E-state index is -0.634. The minimum Gasteiger partial charge on any atom is -0.481 e. The number of carbonyl (C=O) groups excluding carboxylic acids is 1. The molecule has 6 rings (SSSR count). The molecule has 1 amide bonds. The lowest BCUT2D eigenvalue weighted by Gasteiger charge is -2.58. The zero-order valence-electron chi connectivity index (χ0n) is 18.8. The van der Waals surface area contributed by atoms with E-state index in [-0.39, 0.29) is 29.1 Å². The molecule has 4 aliphatic carbocycles. The van der Waals surface area contributed by atoms with E-state index in [4.69, 9.17) is 11.6 Å². The fourth-order valence-corrected chi connectivity index (χ4v) is 7.13. The van der Waals surface area contributed by atoms with E-state index in [2.05, 4.69) is 25.1 Å². The third kappa shape index (κ3) is 3.65. The van der Waals surface area contributed by atoms with Crippen molar-refractivity contribution in [3.8, 4) is 0 Å². The van der Waals surface area contributed by atoms with Crippen molar-refractivity contribution in [1.29, 1.82) is 0 Å². The Morgan fingerprint density at radius 3 is 2.41 bits per heavy atom. The molecule has 4 bridgehead atoms. The first kappa shape index (κ1) is 21.9. The first-order valence-corrected chi connectivity index (χ1v) is 12.1. The number of halogens is 1. The van der Waals surface area contributed by atoms with Crippen molar-refractivity contribution in [2.75, 3.05) is 31.1 Å². The normalized spacial score (nSPS) is 34.5. The molecule has 8 nitrogen and oxygen atoms in total. The second-order valence-electron chi connectivity index (χ2n) is 10.8. The summed E-state index contributed by atoms with van der Waals surface area (Å²) in [5, 5.41) is 13.5. The minimum absolute atomic E-state index is 0.0536. The number of amides is 1. The van der Waals surface area contributed by atoms with Crippen LogP contribution in [0.15, 0.2) is 12.3 Å². The van der Waals surface area contributed by atoms with E-state index in [0.29, 0.717) is 18.8 Å². The van der Waals surface area contributed by atoms with Gasteiger partial charge in [-0.2, -0.15) is 0 Å². The molecule has 5 aliphatic rings. The quantitative estimate of drug-likeness (QED) is 0.649. The number of nitrogens with one attached hydrogen (secondary N) is 1. The zero-order valence-corrected chi connectivity index (χ0v) is 19.5. The van der Waals surface area contributed by atoms with Crippen molar-refractivity contribution in [2.45, 2.75) is 57.5 Å². The van der Waals surface area contributed by atoms with Gasteiger partial charge in [0.15, 0.2) is 0 Å². The molecule has 0 aromatic carbocycles. The Hall–Kier alpha value is -1.93. The van der Waals surface area contributed by atoms with Gasteiger partial charge in [0.1, 0.15) is 5.82 Å². The number of nitrogens with zero attached hydrogens (tertiary/aromatic N) is 4. The fourth-order valence-electron chi connectivity index (χ4n) is 6.99. The molecule has 1 saturated heterocycles. The Bertz CT molecular complexity index is 901. The van der Waals surface area contributed by atoms with E-state index >= 15 is 0 Å². The van der Waals surface area contributed by atoms with Gasteiger partial charge in [0.25, 0.3) is 0 Å². The van der Waals surface area contributed by atoms with Crippen LogP contribution >= 0.6 is 11.6 Å². The highest BCUT2D eigenvalue weighted by Crippen LogP contribution is 2.60. The molecular weight excluding hydrogens is 430 g/mol. The van der Waals surface area contributed by atoms with Gasteiger partial charge in [-0.15, -0.1) is 0 Å². The van der Waals surface area contributed by atoms with Crippen molar-refractivity contribution in [3.63, 3.8) is 0 Å². The van der Waals surface area contributed by atoms with Crippen LogP contribution in [-0.2, 0) is 9.59 Å². The molecule has 32 heavy (non-hydrogen) atoms. The van der Waals surface area contributed by atoms with Crippen LogP contribution in [0.4, 0.5) is 5.82 Å². The lowest BCUT2D eigenvalue weighted by atomic mass is 9.48. The van der Waals surface area contributed by atoms with Crippen LogP contribution in [0.3, 0.4) is 0 Å². The third-order valence-electron chi connectivity index (χ3n) is 8.59. The molecule has 5 fully saturated rings. The highest BCUT2D eigenvalue weighted by Gasteiger charge is 2.59. The number of piperazine rings is 1. The Labute approximate surface area is 193 Å². The predicted molar refractivity (Wildman–Crippen MR) is 120 cm³/mol. The summed E-state index contributed by atoms with van der Waals surface area (Å²) < 4.78 is 0. The number of aliphatic carboxylic acids is 1. The third-order valence-corrected chi connectivity index (χ3v) is 8.77. The lowest BCUT2D eigenvalue weighted by molar-refractivity contribution is -0.168. The summed E-state index contributed by atoms with van der Waals surface area (Å²) >= 11 is 5.93. The zero-order chi connectivity index (χ0) is 22.7. The summed E-state index contributed by atoms with van der Waals surface area (Å²) in [6.45, 7) is 7.03. The van der Waals surface area contributed by atoms with E-state index < -0.39 is 16.9 Å². The van der Waals surface area contributed by atoms with Crippen LogP contribution in [0, 0.1) is 23.2 Å². The average Bonchev–Trinajstić information content (AvgIpc) is 2.75. The van der Waals surface area contributed by atoms with E-state index in [0.717, 1.165) is 51.3 Å². The average molecular weight is 462 g/mol. The molecule has 9 heteroatoms. The van der Waals surface area contributed by atoms with Crippen LogP contribution < -0.4 is 10.2 Å². The van der Waals surface area contributed by atoms with Gasteiger partial charge < -0.3 is 15.3 Å². The van der Waals surface area contributed by atoms with Gasteiger partial charge >= 0.3 is 5.97 Å². The standard InChI is InChI=1S/C23H32ClN5O3/c1-22(2,29-7-5-28(6-8-29)17-3-4-25-21(24)26-17)19(30)27-18-15-9-14-10-16(18)13-23(11-14,12-15)20(31)32/h3-4,14-16,18H,5-13H2,1-2H3,(H,27,30)(H,31,32). The number of hydrogen-bond donors (Lipinski definition) is 2. The SMILES string of the molecule is CC(C)(C(=O)NC1C2CC3CC1CC(C(=O)O)(C3)C2)N1CCN(c2ccnc(Cl)n2)CC1. The second-order valence-corrected chi connectivity index (χ2v) is 11.1. The summed E-state index contributed by atoms with van der Waals surface area (Å²) in [6.07, 6.45) is 6.01. The van der Waals surface area contributed by atoms with Crippen molar-refractivity contribution in [3.05, 3.63) is 17.5 Å². The summed E-state index contributed by atoms with van der Waals surface area (Å²) in [5.74, 6) is 1.32. The van der Waals surface area contributed by atoms with Gasteiger partial charge in [-0.25, -0.2) is 9.97 Å². The topological polar surface area (TPSA) is 98.7 Å². The predicted octanol–water partition coefficient (Wildman–Crippen LogP) is 2.43. The van der Waals surface area contributed by atoms with Crippen LogP contribution in [0.2, 0.25) is 5.28 Å². The summed E-state index contributed by atoms with van der Waals surface area (Å²) in [5.41, 5.74) is -1.18. The monoisotopic (exact) mass is 461 g/mol. The number of anilines is 1. The number of carbonyl (C=O) groups is 2. The maximum atomic E-state index is 13.4. The van der Waals surface area contributed by atoms with Crippen LogP contribution in [-0.4, -0.2) is 69.6 Å². The molecule has 2 N–H and O–H groups in total.